The van der Waals surface area contributed by atoms with Crippen molar-refractivity contribution in [2.75, 3.05) is 26.2 Å². The number of amides is 1. The number of hydrogen-bond donors (Lipinski definition) is 0. The Bertz CT molecular complexity index is 1050. The van der Waals surface area contributed by atoms with Gasteiger partial charge in [-0.3, -0.25) is 9.48 Å². The summed E-state index contributed by atoms with van der Waals surface area (Å²) in [5, 5.41) is 4.48. The summed E-state index contributed by atoms with van der Waals surface area (Å²) in [6, 6.07) is 3.93. The van der Waals surface area contributed by atoms with Gasteiger partial charge in [0.1, 0.15) is 0 Å². The van der Waals surface area contributed by atoms with Crippen LogP contribution >= 0.6 is 0 Å². The van der Waals surface area contributed by atoms with E-state index in [1.807, 2.05) is 44.5 Å². The fourth-order valence-electron chi connectivity index (χ4n) is 4.51. The van der Waals surface area contributed by atoms with Gasteiger partial charge in [-0.1, -0.05) is 6.07 Å². The predicted octanol–water partition coefficient (Wildman–Crippen LogP) is 2.60. The molecule has 0 bridgehead atoms. The van der Waals surface area contributed by atoms with E-state index in [4.69, 9.17) is 0 Å². The van der Waals surface area contributed by atoms with Crippen molar-refractivity contribution in [1.29, 1.82) is 0 Å². The Balaban J connectivity index is 1.51. The second-order valence-electron chi connectivity index (χ2n) is 8.49. The molecule has 162 valence electrons. The van der Waals surface area contributed by atoms with E-state index in [-0.39, 0.29) is 5.91 Å². The zero-order chi connectivity index (χ0) is 21.6. The molecular weight excluding hydrogens is 400 g/mol. The summed E-state index contributed by atoms with van der Waals surface area (Å²) >= 11 is 0. The molecule has 0 atom stereocenters. The van der Waals surface area contributed by atoms with Gasteiger partial charge in [-0.25, -0.2) is 8.42 Å². The molecule has 1 aromatic carbocycles. The highest BCUT2D eigenvalue weighted by molar-refractivity contribution is 7.89. The Kier molecular flexibility index (Phi) is 5.48. The van der Waals surface area contributed by atoms with Gasteiger partial charge in [-0.2, -0.15) is 9.40 Å². The summed E-state index contributed by atoms with van der Waals surface area (Å²) in [5.74, 6) is -0.104. The first kappa shape index (κ1) is 21.1. The SMILES string of the molecule is Cc1cc(C)c(C)c(S(=O)(=O)N2CCN(C(=O)c3cc4n(n3)CCCC4)CC2)c1C. The van der Waals surface area contributed by atoms with Crippen molar-refractivity contribution in [1.82, 2.24) is 19.0 Å². The first-order chi connectivity index (χ1) is 14.2. The molecule has 0 spiro atoms. The third-order valence-electron chi connectivity index (χ3n) is 6.56. The topological polar surface area (TPSA) is 75.5 Å². The molecule has 0 unspecified atom stereocenters. The van der Waals surface area contributed by atoms with Crippen LogP contribution in [-0.4, -0.2) is 59.5 Å². The fourth-order valence-corrected chi connectivity index (χ4v) is 6.51. The molecule has 2 aliphatic heterocycles. The van der Waals surface area contributed by atoms with Crippen LogP contribution in [0.15, 0.2) is 17.0 Å². The zero-order valence-corrected chi connectivity index (χ0v) is 19.0. The molecule has 0 aliphatic carbocycles. The zero-order valence-electron chi connectivity index (χ0n) is 18.2. The number of fused-ring (bicyclic) bond motifs is 1. The first-order valence-corrected chi connectivity index (χ1v) is 12.1. The van der Waals surface area contributed by atoms with Gasteiger partial charge < -0.3 is 4.90 Å². The Morgan fingerprint density at radius 2 is 1.53 bits per heavy atom. The van der Waals surface area contributed by atoms with Crippen molar-refractivity contribution in [2.24, 2.45) is 0 Å². The van der Waals surface area contributed by atoms with E-state index in [2.05, 4.69) is 5.10 Å². The van der Waals surface area contributed by atoms with E-state index in [1.165, 1.54) is 4.31 Å². The quantitative estimate of drug-likeness (QED) is 0.750. The third-order valence-corrected chi connectivity index (χ3v) is 8.73. The van der Waals surface area contributed by atoms with Crippen LogP contribution in [0.1, 0.15) is 51.3 Å². The summed E-state index contributed by atoms with van der Waals surface area (Å²) in [5.41, 5.74) is 5.17. The number of hydrogen-bond acceptors (Lipinski definition) is 4. The molecule has 8 heteroatoms. The van der Waals surface area contributed by atoms with Crippen LogP contribution in [0.2, 0.25) is 0 Å². The molecule has 4 rings (SSSR count). The summed E-state index contributed by atoms with van der Waals surface area (Å²) in [6.07, 6.45) is 3.18. The van der Waals surface area contributed by atoms with Crippen LogP contribution in [0.3, 0.4) is 0 Å². The van der Waals surface area contributed by atoms with Gasteiger partial charge in [0.05, 0.1) is 4.90 Å². The molecular formula is C22H30N4O3S. The summed E-state index contributed by atoms with van der Waals surface area (Å²) in [7, 11) is -3.61. The second kappa shape index (κ2) is 7.81. The molecule has 0 saturated carbocycles. The number of piperazine rings is 1. The van der Waals surface area contributed by atoms with Gasteiger partial charge in [0.15, 0.2) is 5.69 Å². The molecule has 0 N–H and O–H groups in total. The highest BCUT2D eigenvalue weighted by atomic mass is 32.2. The van der Waals surface area contributed by atoms with Crippen molar-refractivity contribution in [3.63, 3.8) is 0 Å². The number of carbonyl (C=O) groups excluding carboxylic acids is 1. The molecule has 3 heterocycles. The number of rotatable bonds is 3. The smallest absolute Gasteiger partial charge is 0.274 e. The Labute approximate surface area is 178 Å². The lowest BCUT2D eigenvalue weighted by Gasteiger charge is -2.34. The normalized spacial score (nSPS) is 17.8. The van der Waals surface area contributed by atoms with E-state index in [1.54, 1.807) is 4.90 Å². The van der Waals surface area contributed by atoms with Crippen molar-refractivity contribution in [3.8, 4) is 0 Å². The Hall–Kier alpha value is -2.19. The molecule has 1 fully saturated rings. The number of sulfonamides is 1. The maximum atomic E-state index is 13.4. The highest BCUT2D eigenvalue weighted by Crippen LogP contribution is 2.29. The Morgan fingerprint density at radius 1 is 0.900 bits per heavy atom. The lowest BCUT2D eigenvalue weighted by Crippen LogP contribution is -2.50. The van der Waals surface area contributed by atoms with Gasteiger partial charge in [-0.15, -0.1) is 0 Å². The Morgan fingerprint density at radius 3 is 2.13 bits per heavy atom. The molecule has 0 radical (unpaired) electrons. The molecule has 7 nitrogen and oxygen atoms in total. The number of aryl methyl sites for hydroxylation is 4. The number of aromatic nitrogens is 2. The van der Waals surface area contributed by atoms with Crippen LogP contribution in [-0.2, 0) is 23.0 Å². The maximum absolute atomic E-state index is 13.4. The molecule has 1 amide bonds. The summed E-state index contributed by atoms with van der Waals surface area (Å²) in [4.78, 5) is 15.1. The third kappa shape index (κ3) is 3.56. The minimum absolute atomic E-state index is 0.104. The standard InChI is InChI=1S/C22H30N4O3S/c1-15-13-16(2)18(4)21(17(15)3)30(28,29)25-11-9-24(10-12-25)22(27)20-14-19-7-5-6-8-26(19)23-20/h13-14H,5-12H2,1-4H3. The average Bonchev–Trinajstić information content (AvgIpc) is 3.16. The van der Waals surface area contributed by atoms with Crippen LogP contribution in [0.4, 0.5) is 0 Å². The number of nitrogens with zero attached hydrogens (tertiary/aromatic N) is 4. The lowest BCUT2D eigenvalue weighted by molar-refractivity contribution is 0.0691. The van der Waals surface area contributed by atoms with Crippen molar-refractivity contribution >= 4 is 15.9 Å². The number of carbonyl (C=O) groups is 1. The lowest BCUT2D eigenvalue weighted by atomic mass is 10.0. The van der Waals surface area contributed by atoms with Gasteiger partial charge in [0.2, 0.25) is 10.0 Å². The monoisotopic (exact) mass is 430 g/mol. The largest absolute Gasteiger partial charge is 0.335 e. The predicted molar refractivity (Wildman–Crippen MR) is 115 cm³/mol. The van der Waals surface area contributed by atoms with Crippen molar-refractivity contribution < 1.29 is 13.2 Å². The van der Waals surface area contributed by atoms with Crippen molar-refractivity contribution in [3.05, 3.63) is 45.8 Å². The molecule has 2 aromatic rings. The first-order valence-electron chi connectivity index (χ1n) is 10.6. The van der Waals surface area contributed by atoms with Gasteiger partial charge in [0.25, 0.3) is 5.91 Å². The van der Waals surface area contributed by atoms with Crippen molar-refractivity contribution in [2.45, 2.75) is 58.4 Å². The molecule has 1 aromatic heterocycles. The van der Waals surface area contributed by atoms with E-state index < -0.39 is 10.0 Å². The van der Waals surface area contributed by atoms with E-state index in [0.29, 0.717) is 36.8 Å². The van der Waals surface area contributed by atoms with Gasteiger partial charge in [-0.05, 0) is 75.3 Å². The minimum atomic E-state index is -3.61. The van der Waals surface area contributed by atoms with E-state index in [0.717, 1.165) is 53.8 Å². The second-order valence-corrected chi connectivity index (χ2v) is 10.4. The van der Waals surface area contributed by atoms with E-state index in [9.17, 15) is 13.2 Å². The van der Waals surface area contributed by atoms with Crippen LogP contribution < -0.4 is 0 Å². The van der Waals surface area contributed by atoms with Gasteiger partial charge in [0, 0.05) is 38.4 Å². The number of benzene rings is 1. The van der Waals surface area contributed by atoms with Crippen LogP contribution in [0.25, 0.3) is 0 Å². The average molecular weight is 431 g/mol. The molecule has 1 saturated heterocycles. The summed E-state index contributed by atoms with van der Waals surface area (Å²) < 4.78 is 30.3. The van der Waals surface area contributed by atoms with E-state index >= 15 is 0 Å². The highest BCUT2D eigenvalue weighted by Gasteiger charge is 2.33. The maximum Gasteiger partial charge on any atom is 0.274 e. The van der Waals surface area contributed by atoms with Crippen LogP contribution in [0.5, 0.6) is 0 Å². The molecule has 2 aliphatic rings. The molecule has 30 heavy (non-hydrogen) atoms. The minimum Gasteiger partial charge on any atom is -0.335 e. The fraction of sp³-hybridized carbons (Fsp3) is 0.545. The van der Waals surface area contributed by atoms with Gasteiger partial charge >= 0.3 is 0 Å². The van der Waals surface area contributed by atoms with Crippen LogP contribution in [0, 0.1) is 27.7 Å². The summed E-state index contributed by atoms with van der Waals surface area (Å²) in [6.45, 7) is 9.85.